The smallest absolute Gasteiger partial charge is 0.330 e. The van der Waals surface area contributed by atoms with Gasteiger partial charge in [-0.2, -0.15) is 0 Å². The standard InChI is InChI=1S/C23H25ClN2O4/c1-6-7-20(27)30-13-17-15(16-12-14(24)8-11-19(16)29-5)9-10-18-21(17)26(4)22(28)23(2,3)25-18/h6-12,25H,13H2,1-5H3/b7-6+. The molecule has 0 unspecified atom stereocenters. The van der Waals surface area contributed by atoms with E-state index in [-0.39, 0.29) is 12.5 Å². The second kappa shape index (κ2) is 8.40. The molecule has 6 nitrogen and oxygen atoms in total. The Balaban J connectivity index is 2.22. The Morgan fingerprint density at radius 3 is 2.63 bits per heavy atom. The van der Waals surface area contributed by atoms with Crippen molar-refractivity contribution in [2.24, 2.45) is 0 Å². The SMILES string of the molecule is C/C=C/C(=O)OCc1c(-c2cc(Cl)ccc2OC)ccc2c1N(C)C(=O)C(C)(C)N2. The van der Waals surface area contributed by atoms with Crippen molar-refractivity contribution in [1.82, 2.24) is 0 Å². The van der Waals surface area contributed by atoms with Crippen LogP contribution in [0.3, 0.4) is 0 Å². The molecule has 1 aliphatic rings. The summed E-state index contributed by atoms with van der Waals surface area (Å²) in [5.74, 6) is 0.0712. The first-order valence-electron chi connectivity index (χ1n) is 9.55. The van der Waals surface area contributed by atoms with E-state index in [0.29, 0.717) is 22.0 Å². The zero-order valence-corrected chi connectivity index (χ0v) is 18.5. The van der Waals surface area contributed by atoms with Crippen molar-refractivity contribution in [3.63, 3.8) is 0 Å². The lowest BCUT2D eigenvalue weighted by Gasteiger charge is -2.39. The average molecular weight is 429 g/mol. The fourth-order valence-corrected chi connectivity index (χ4v) is 3.82. The summed E-state index contributed by atoms with van der Waals surface area (Å²) in [5.41, 5.74) is 2.88. The molecule has 2 aromatic carbocycles. The van der Waals surface area contributed by atoms with Crippen LogP contribution in [-0.2, 0) is 20.9 Å². The van der Waals surface area contributed by atoms with Crippen molar-refractivity contribution in [2.45, 2.75) is 32.9 Å². The molecule has 3 rings (SSSR count). The van der Waals surface area contributed by atoms with E-state index in [1.54, 1.807) is 50.3 Å². The van der Waals surface area contributed by atoms with E-state index in [2.05, 4.69) is 5.32 Å². The summed E-state index contributed by atoms with van der Waals surface area (Å²) in [6.07, 6.45) is 2.97. The Morgan fingerprint density at radius 2 is 1.97 bits per heavy atom. The van der Waals surface area contributed by atoms with Crippen LogP contribution in [0.2, 0.25) is 5.02 Å². The Labute approximate surface area is 181 Å². The molecule has 0 bridgehead atoms. The minimum absolute atomic E-state index is 0.0168. The number of allylic oxidation sites excluding steroid dienone is 1. The second-order valence-corrected chi connectivity index (χ2v) is 7.99. The molecule has 30 heavy (non-hydrogen) atoms. The first kappa shape index (κ1) is 21.7. The van der Waals surface area contributed by atoms with Crippen LogP contribution in [0.1, 0.15) is 26.3 Å². The largest absolute Gasteiger partial charge is 0.496 e. The number of carbonyl (C=O) groups excluding carboxylic acids is 2. The number of carbonyl (C=O) groups is 2. The molecule has 1 N–H and O–H groups in total. The lowest BCUT2D eigenvalue weighted by Crippen LogP contribution is -2.52. The molecular weight excluding hydrogens is 404 g/mol. The summed E-state index contributed by atoms with van der Waals surface area (Å²) in [6, 6.07) is 9.14. The molecule has 2 aromatic rings. The van der Waals surface area contributed by atoms with Gasteiger partial charge in [-0.3, -0.25) is 4.79 Å². The minimum atomic E-state index is -0.754. The van der Waals surface area contributed by atoms with Gasteiger partial charge in [0, 0.05) is 29.3 Å². The predicted molar refractivity (Wildman–Crippen MR) is 119 cm³/mol. The summed E-state index contributed by atoms with van der Waals surface area (Å²) in [4.78, 5) is 26.5. The fraction of sp³-hybridized carbons (Fsp3) is 0.304. The van der Waals surface area contributed by atoms with E-state index >= 15 is 0 Å². The van der Waals surface area contributed by atoms with Gasteiger partial charge in [0.05, 0.1) is 18.5 Å². The third-order valence-electron chi connectivity index (χ3n) is 5.02. The molecule has 0 fully saturated rings. The van der Waals surface area contributed by atoms with Gasteiger partial charge in [-0.15, -0.1) is 0 Å². The molecular formula is C23H25ClN2O4. The van der Waals surface area contributed by atoms with Crippen molar-refractivity contribution >= 4 is 34.9 Å². The number of likely N-dealkylation sites (N-methyl/N-ethyl adjacent to an activating group) is 1. The van der Waals surface area contributed by atoms with Gasteiger partial charge in [0.1, 0.15) is 17.9 Å². The number of methoxy groups -OCH3 is 1. The maximum absolute atomic E-state index is 12.9. The number of benzene rings is 2. The highest BCUT2D eigenvalue weighted by Crippen LogP contribution is 2.44. The number of rotatable bonds is 5. The van der Waals surface area contributed by atoms with E-state index in [1.165, 1.54) is 6.08 Å². The summed E-state index contributed by atoms with van der Waals surface area (Å²) in [6.45, 7) is 5.38. The minimum Gasteiger partial charge on any atom is -0.496 e. The highest BCUT2D eigenvalue weighted by atomic mass is 35.5. The number of nitrogens with zero attached hydrogens (tertiary/aromatic N) is 1. The second-order valence-electron chi connectivity index (χ2n) is 7.55. The van der Waals surface area contributed by atoms with Gasteiger partial charge < -0.3 is 19.7 Å². The van der Waals surface area contributed by atoms with Gasteiger partial charge in [-0.1, -0.05) is 23.7 Å². The highest BCUT2D eigenvalue weighted by molar-refractivity contribution is 6.31. The number of hydrogen-bond donors (Lipinski definition) is 1. The third kappa shape index (κ3) is 4.00. The molecule has 158 valence electrons. The summed E-state index contributed by atoms with van der Waals surface area (Å²) < 4.78 is 11.0. The van der Waals surface area contributed by atoms with Crippen molar-refractivity contribution in [3.05, 3.63) is 53.1 Å². The molecule has 1 heterocycles. The predicted octanol–water partition coefficient (Wildman–Crippen LogP) is 4.80. The van der Waals surface area contributed by atoms with Gasteiger partial charge in [0.15, 0.2) is 0 Å². The number of hydrogen-bond acceptors (Lipinski definition) is 5. The summed E-state index contributed by atoms with van der Waals surface area (Å²) in [5, 5.41) is 3.83. The number of amides is 1. The molecule has 0 aromatic heterocycles. The van der Waals surface area contributed by atoms with E-state index < -0.39 is 11.5 Å². The summed E-state index contributed by atoms with van der Waals surface area (Å²) >= 11 is 6.25. The van der Waals surface area contributed by atoms with Gasteiger partial charge in [-0.25, -0.2) is 4.79 Å². The van der Waals surface area contributed by atoms with Crippen LogP contribution in [0.4, 0.5) is 11.4 Å². The molecule has 0 saturated heterocycles. The van der Waals surface area contributed by atoms with E-state index in [9.17, 15) is 9.59 Å². The van der Waals surface area contributed by atoms with Crippen molar-refractivity contribution < 1.29 is 19.1 Å². The normalized spacial score (nSPS) is 15.0. The van der Waals surface area contributed by atoms with Crippen LogP contribution in [0.5, 0.6) is 5.75 Å². The number of nitrogens with one attached hydrogen (secondary N) is 1. The first-order chi connectivity index (χ1) is 14.2. The number of fused-ring (bicyclic) bond motifs is 1. The molecule has 7 heteroatoms. The maximum Gasteiger partial charge on any atom is 0.330 e. The van der Waals surface area contributed by atoms with Crippen molar-refractivity contribution in [2.75, 3.05) is 24.4 Å². The monoisotopic (exact) mass is 428 g/mol. The van der Waals surface area contributed by atoms with E-state index in [1.807, 2.05) is 26.0 Å². The zero-order valence-electron chi connectivity index (χ0n) is 17.7. The molecule has 0 aliphatic carbocycles. The van der Waals surface area contributed by atoms with Gasteiger partial charge >= 0.3 is 5.97 Å². The van der Waals surface area contributed by atoms with Gasteiger partial charge in [0.25, 0.3) is 5.91 Å². The van der Waals surface area contributed by atoms with Crippen LogP contribution in [-0.4, -0.2) is 31.6 Å². The molecule has 0 radical (unpaired) electrons. The molecule has 1 amide bonds. The zero-order chi connectivity index (χ0) is 22.1. The van der Waals surface area contributed by atoms with E-state index in [4.69, 9.17) is 21.1 Å². The number of anilines is 2. The molecule has 0 saturated carbocycles. The molecule has 0 spiro atoms. The lowest BCUT2D eigenvalue weighted by molar-refractivity contribution is -0.138. The van der Waals surface area contributed by atoms with Crippen LogP contribution < -0.4 is 15.0 Å². The lowest BCUT2D eigenvalue weighted by atomic mass is 9.92. The molecule has 0 atom stereocenters. The maximum atomic E-state index is 12.9. The van der Waals surface area contributed by atoms with Gasteiger partial charge in [0.2, 0.25) is 0 Å². The van der Waals surface area contributed by atoms with E-state index in [0.717, 1.165) is 16.8 Å². The Kier molecular flexibility index (Phi) is 6.08. The third-order valence-corrected chi connectivity index (χ3v) is 5.25. The summed E-state index contributed by atoms with van der Waals surface area (Å²) in [7, 11) is 3.30. The number of halogens is 1. The Bertz CT molecular complexity index is 1030. The Morgan fingerprint density at radius 1 is 1.23 bits per heavy atom. The van der Waals surface area contributed by atoms with Crippen LogP contribution >= 0.6 is 11.6 Å². The highest BCUT2D eigenvalue weighted by Gasteiger charge is 2.38. The average Bonchev–Trinajstić information content (AvgIpc) is 2.70. The van der Waals surface area contributed by atoms with Crippen LogP contribution in [0.15, 0.2) is 42.5 Å². The first-order valence-corrected chi connectivity index (χ1v) is 9.93. The fourth-order valence-electron chi connectivity index (χ4n) is 3.65. The van der Waals surface area contributed by atoms with Crippen molar-refractivity contribution in [3.8, 4) is 16.9 Å². The topological polar surface area (TPSA) is 67.9 Å². The number of ether oxygens (including phenoxy) is 2. The number of esters is 1. The van der Waals surface area contributed by atoms with Gasteiger partial charge in [-0.05, 0) is 50.6 Å². The van der Waals surface area contributed by atoms with Crippen molar-refractivity contribution in [1.29, 1.82) is 0 Å². The quantitative estimate of drug-likeness (QED) is 0.547. The van der Waals surface area contributed by atoms with Crippen LogP contribution in [0, 0.1) is 0 Å². The van der Waals surface area contributed by atoms with Crippen LogP contribution in [0.25, 0.3) is 11.1 Å². The molecule has 1 aliphatic heterocycles. The Hall–Kier alpha value is -2.99.